The van der Waals surface area contributed by atoms with Crippen LogP contribution in [0.25, 0.3) is 5.70 Å². The van der Waals surface area contributed by atoms with Crippen LogP contribution in [0.5, 0.6) is 0 Å². The Labute approximate surface area is 95.1 Å². The molecule has 1 aliphatic rings. The first-order chi connectivity index (χ1) is 7.85. The van der Waals surface area contributed by atoms with E-state index in [4.69, 9.17) is 5.26 Å². The van der Waals surface area contributed by atoms with Crippen molar-refractivity contribution in [1.82, 2.24) is 5.32 Å². The van der Waals surface area contributed by atoms with Crippen molar-refractivity contribution in [3.63, 3.8) is 0 Å². The number of nitriles is 1. The molecule has 3 nitrogen and oxygen atoms in total. The molecule has 0 saturated heterocycles. The molecule has 0 aromatic heterocycles. The van der Waals surface area contributed by atoms with Crippen molar-refractivity contribution < 1.29 is 0 Å². The zero-order chi connectivity index (χ0) is 11.4. The molecule has 80 valence electrons. The number of fused-ring (bicyclic) bond motifs is 1. The lowest BCUT2D eigenvalue weighted by Gasteiger charge is -2.19. The second kappa shape index (κ2) is 4.63. The number of nitrogens with zero attached hydrogens (tertiary/aromatic N) is 2. The minimum absolute atomic E-state index is 0.844. The van der Waals surface area contributed by atoms with Gasteiger partial charge in [-0.15, -0.1) is 0 Å². The summed E-state index contributed by atoms with van der Waals surface area (Å²) in [5, 5.41) is 12.0. The SMILES string of the molecule is CCCC1=Nc2ccccc2/C(=C/C#N)N1. The van der Waals surface area contributed by atoms with E-state index >= 15 is 0 Å². The standard InChI is InChI=1S/C13H13N3/c1-2-5-13-15-11-7-4-3-6-10(11)12(16-13)8-9-14/h3-4,6-8H,2,5H2,1H3,(H,15,16)/b12-8-. The summed E-state index contributed by atoms with van der Waals surface area (Å²) < 4.78 is 0. The van der Waals surface area contributed by atoms with Crippen molar-refractivity contribution in [3.8, 4) is 6.07 Å². The van der Waals surface area contributed by atoms with Crippen LogP contribution in [0.4, 0.5) is 5.69 Å². The number of hydrogen-bond acceptors (Lipinski definition) is 3. The van der Waals surface area contributed by atoms with Crippen molar-refractivity contribution in [1.29, 1.82) is 5.26 Å². The van der Waals surface area contributed by atoms with Gasteiger partial charge in [-0.05, 0) is 12.5 Å². The maximum atomic E-state index is 8.75. The lowest BCUT2D eigenvalue weighted by Crippen LogP contribution is -2.24. The van der Waals surface area contributed by atoms with E-state index in [-0.39, 0.29) is 0 Å². The fraction of sp³-hybridized carbons (Fsp3) is 0.231. The molecule has 0 aliphatic carbocycles. The average Bonchev–Trinajstić information content (AvgIpc) is 2.30. The number of allylic oxidation sites excluding steroid dienone is 1. The van der Waals surface area contributed by atoms with Crippen molar-refractivity contribution >= 4 is 17.2 Å². The Morgan fingerprint density at radius 1 is 1.44 bits per heavy atom. The second-order valence-electron chi connectivity index (χ2n) is 3.64. The molecular weight excluding hydrogens is 198 g/mol. The fourth-order valence-corrected chi connectivity index (χ4v) is 1.73. The minimum Gasteiger partial charge on any atom is -0.343 e. The summed E-state index contributed by atoms with van der Waals surface area (Å²) in [6.07, 6.45) is 3.47. The molecule has 1 aliphatic heterocycles. The van der Waals surface area contributed by atoms with E-state index in [1.807, 2.05) is 24.3 Å². The Bertz CT molecular complexity index is 492. The van der Waals surface area contributed by atoms with Gasteiger partial charge < -0.3 is 5.32 Å². The number of amidine groups is 1. The lowest BCUT2D eigenvalue weighted by molar-refractivity contribution is 0.956. The van der Waals surface area contributed by atoms with Gasteiger partial charge in [0.1, 0.15) is 5.84 Å². The fourth-order valence-electron chi connectivity index (χ4n) is 1.73. The molecule has 0 bridgehead atoms. The first-order valence-electron chi connectivity index (χ1n) is 5.39. The zero-order valence-electron chi connectivity index (χ0n) is 9.20. The van der Waals surface area contributed by atoms with Crippen LogP contribution in [0, 0.1) is 11.3 Å². The van der Waals surface area contributed by atoms with Crippen LogP contribution in [0.3, 0.4) is 0 Å². The van der Waals surface area contributed by atoms with Gasteiger partial charge in [0, 0.05) is 18.1 Å². The monoisotopic (exact) mass is 211 g/mol. The van der Waals surface area contributed by atoms with Gasteiger partial charge in [0.25, 0.3) is 0 Å². The topological polar surface area (TPSA) is 48.2 Å². The third-order valence-corrected chi connectivity index (χ3v) is 2.42. The quantitative estimate of drug-likeness (QED) is 0.764. The number of para-hydroxylation sites is 1. The van der Waals surface area contributed by atoms with E-state index in [1.54, 1.807) is 0 Å². The molecule has 2 rings (SSSR count). The predicted octanol–water partition coefficient (Wildman–Crippen LogP) is 2.98. The van der Waals surface area contributed by atoms with Crippen LogP contribution in [0.15, 0.2) is 35.3 Å². The molecule has 0 fully saturated rings. The number of rotatable bonds is 2. The summed E-state index contributed by atoms with van der Waals surface area (Å²) in [6.45, 7) is 2.11. The highest BCUT2D eigenvalue weighted by molar-refractivity contribution is 5.98. The van der Waals surface area contributed by atoms with Crippen molar-refractivity contribution in [2.45, 2.75) is 19.8 Å². The highest BCUT2D eigenvalue weighted by Crippen LogP contribution is 2.28. The predicted molar refractivity (Wildman–Crippen MR) is 65.2 cm³/mol. The molecule has 0 spiro atoms. The molecule has 0 amide bonds. The summed E-state index contributed by atoms with van der Waals surface area (Å²) in [6, 6.07) is 9.91. The van der Waals surface area contributed by atoms with Gasteiger partial charge in [-0.3, -0.25) is 0 Å². The van der Waals surface area contributed by atoms with Gasteiger partial charge >= 0.3 is 0 Å². The molecule has 0 unspecified atom stereocenters. The summed E-state index contributed by atoms with van der Waals surface area (Å²) in [4.78, 5) is 4.52. The number of nitrogens with one attached hydrogen (secondary N) is 1. The third kappa shape index (κ3) is 1.96. The maximum absolute atomic E-state index is 8.75. The van der Waals surface area contributed by atoms with Crippen molar-refractivity contribution in [2.24, 2.45) is 4.99 Å². The van der Waals surface area contributed by atoms with E-state index in [2.05, 4.69) is 23.3 Å². The molecule has 3 heteroatoms. The van der Waals surface area contributed by atoms with E-state index in [0.29, 0.717) is 0 Å². The van der Waals surface area contributed by atoms with E-state index in [9.17, 15) is 0 Å². The summed E-state index contributed by atoms with van der Waals surface area (Å²) in [5.74, 6) is 0.933. The van der Waals surface area contributed by atoms with Crippen molar-refractivity contribution in [2.75, 3.05) is 0 Å². The molecule has 0 saturated carbocycles. The van der Waals surface area contributed by atoms with Crippen LogP contribution in [-0.2, 0) is 0 Å². The number of hydrogen-bond donors (Lipinski definition) is 1. The van der Waals surface area contributed by atoms with Crippen LogP contribution in [0.2, 0.25) is 0 Å². The smallest absolute Gasteiger partial charge is 0.107 e. The summed E-state index contributed by atoms with van der Waals surface area (Å²) >= 11 is 0. The van der Waals surface area contributed by atoms with Gasteiger partial charge in [-0.2, -0.15) is 5.26 Å². The maximum Gasteiger partial charge on any atom is 0.107 e. The molecule has 1 aromatic rings. The Morgan fingerprint density at radius 2 is 2.25 bits per heavy atom. The first-order valence-corrected chi connectivity index (χ1v) is 5.39. The lowest BCUT2D eigenvalue weighted by atomic mass is 10.1. The van der Waals surface area contributed by atoms with Gasteiger partial charge in [0.15, 0.2) is 0 Å². The normalized spacial score (nSPS) is 16.0. The van der Waals surface area contributed by atoms with Crippen LogP contribution < -0.4 is 5.32 Å². The molecule has 0 radical (unpaired) electrons. The molecule has 1 N–H and O–H groups in total. The Kier molecular flexibility index (Phi) is 3.02. The van der Waals surface area contributed by atoms with E-state index < -0.39 is 0 Å². The van der Waals surface area contributed by atoms with Gasteiger partial charge in [0.05, 0.1) is 17.5 Å². The van der Waals surface area contributed by atoms with Gasteiger partial charge in [-0.25, -0.2) is 4.99 Å². The molecule has 16 heavy (non-hydrogen) atoms. The first kappa shape index (κ1) is 10.4. The Hall–Kier alpha value is -2.08. The molecular formula is C13H13N3. The Morgan fingerprint density at radius 3 is 3.00 bits per heavy atom. The second-order valence-corrected chi connectivity index (χ2v) is 3.64. The van der Waals surface area contributed by atoms with Crippen molar-refractivity contribution in [3.05, 3.63) is 35.9 Å². The molecule has 0 atom stereocenters. The van der Waals surface area contributed by atoms with E-state index in [1.165, 1.54) is 6.08 Å². The number of benzene rings is 1. The zero-order valence-corrected chi connectivity index (χ0v) is 9.20. The van der Waals surface area contributed by atoms with E-state index in [0.717, 1.165) is 35.6 Å². The van der Waals surface area contributed by atoms with Crippen LogP contribution in [-0.4, -0.2) is 5.84 Å². The average molecular weight is 211 g/mol. The van der Waals surface area contributed by atoms with Crippen LogP contribution in [0.1, 0.15) is 25.3 Å². The highest BCUT2D eigenvalue weighted by atomic mass is 15.0. The minimum atomic E-state index is 0.844. The highest BCUT2D eigenvalue weighted by Gasteiger charge is 2.14. The summed E-state index contributed by atoms with van der Waals surface area (Å²) in [5.41, 5.74) is 2.77. The van der Waals surface area contributed by atoms with Gasteiger partial charge in [-0.1, -0.05) is 25.1 Å². The third-order valence-electron chi connectivity index (χ3n) is 2.42. The summed E-state index contributed by atoms with van der Waals surface area (Å²) in [7, 11) is 0. The number of aliphatic imine (C=N–C) groups is 1. The molecule has 1 heterocycles. The largest absolute Gasteiger partial charge is 0.343 e. The van der Waals surface area contributed by atoms with Gasteiger partial charge in [0.2, 0.25) is 0 Å². The van der Waals surface area contributed by atoms with Crippen LogP contribution >= 0.6 is 0 Å². The Balaban J connectivity index is 2.46. The molecule has 1 aromatic carbocycles.